The Labute approximate surface area is 127 Å². The van der Waals surface area contributed by atoms with E-state index in [1.165, 1.54) is 0 Å². The van der Waals surface area contributed by atoms with Gasteiger partial charge in [0.2, 0.25) is 5.91 Å². The van der Waals surface area contributed by atoms with Crippen molar-refractivity contribution >= 4 is 5.91 Å². The van der Waals surface area contributed by atoms with E-state index in [0.717, 1.165) is 0 Å². The fourth-order valence-electron chi connectivity index (χ4n) is 3.30. The molecule has 1 spiro atoms. The molecule has 1 amide bonds. The molecule has 8 heteroatoms. The lowest BCUT2D eigenvalue weighted by molar-refractivity contribution is -0.200. The number of ether oxygens (including phenoxy) is 1. The summed E-state index contributed by atoms with van der Waals surface area (Å²) in [5.41, 5.74) is -1.69. The minimum absolute atomic E-state index is 0.368. The van der Waals surface area contributed by atoms with Crippen molar-refractivity contribution in [2.45, 2.75) is 62.4 Å². The minimum atomic E-state index is -4.36. The fraction of sp³-hybridized carbons (Fsp3) is 0.929. The lowest BCUT2D eigenvalue weighted by Gasteiger charge is -2.52. The summed E-state index contributed by atoms with van der Waals surface area (Å²) in [6.07, 6.45) is -5.47. The van der Waals surface area contributed by atoms with Crippen LogP contribution in [-0.4, -0.2) is 54.1 Å². The first-order chi connectivity index (χ1) is 10.2. The van der Waals surface area contributed by atoms with Crippen LogP contribution in [-0.2, 0) is 9.53 Å². The van der Waals surface area contributed by atoms with Gasteiger partial charge in [-0.1, -0.05) is 0 Å². The molecule has 0 aromatic rings. The van der Waals surface area contributed by atoms with Crippen molar-refractivity contribution in [2.24, 2.45) is 0 Å². The second kappa shape index (κ2) is 6.33. The van der Waals surface area contributed by atoms with Gasteiger partial charge < -0.3 is 20.5 Å². The molecule has 128 valence electrons. The molecule has 2 aliphatic rings. The van der Waals surface area contributed by atoms with Crippen LogP contribution < -0.4 is 10.6 Å². The maximum Gasteiger partial charge on any atom is 0.389 e. The number of rotatable bonds is 3. The molecule has 0 aromatic heterocycles. The highest BCUT2D eigenvalue weighted by Gasteiger charge is 2.53. The van der Waals surface area contributed by atoms with Crippen LogP contribution in [0.2, 0.25) is 0 Å². The van der Waals surface area contributed by atoms with Crippen LogP contribution in [0.3, 0.4) is 0 Å². The number of hydrogen-bond acceptors (Lipinski definition) is 4. The second-order valence-electron chi connectivity index (χ2n) is 6.40. The smallest absolute Gasteiger partial charge is 0.388 e. The Morgan fingerprint density at radius 2 is 2.00 bits per heavy atom. The summed E-state index contributed by atoms with van der Waals surface area (Å²) in [4.78, 5) is 11.8. The Balaban J connectivity index is 2.00. The van der Waals surface area contributed by atoms with Crippen molar-refractivity contribution in [3.8, 4) is 0 Å². The molecule has 2 saturated heterocycles. The number of piperidine rings is 1. The first-order valence-electron chi connectivity index (χ1n) is 7.57. The van der Waals surface area contributed by atoms with Crippen LogP contribution in [0.15, 0.2) is 0 Å². The third-order valence-electron chi connectivity index (χ3n) is 4.62. The van der Waals surface area contributed by atoms with E-state index in [4.69, 9.17) is 4.74 Å². The molecule has 22 heavy (non-hydrogen) atoms. The van der Waals surface area contributed by atoms with Crippen LogP contribution in [0, 0.1) is 0 Å². The monoisotopic (exact) mass is 324 g/mol. The van der Waals surface area contributed by atoms with Crippen molar-refractivity contribution in [3.63, 3.8) is 0 Å². The van der Waals surface area contributed by atoms with Crippen LogP contribution in [0.25, 0.3) is 0 Å². The lowest BCUT2D eigenvalue weighted by Crippen LogP contribution is -2.69. The molecule has 0 bridgehead atoms. The van der Waals surface area contributed by atoms with Gasteiger partial charge in [-0.05, 0) is 39.3 Å². The van der Waals surface area contributed by atoms with E-state index in [9.17, 15) is 23.1 Å². The van der Waals surface area contributed by atoms with E-state index in [1.54, 1.807) is 6.92 Å². The molecule has 3 N–H and O–H groups in total. The van der Waals surface area contributed by atoms with Gasteiger partial charge in [0, 0.05) is 13.0 Å². The third-order valence-corrected chi connectivity index (χ3v) is 4.62. The van der Waals surface area contributed by atoms with Gasteiger partial charge in [-0.15, -0.1) is 0 Å². The molecule has 0 aromatic carbocycles. The number of carbonyl (C=O) groups is 1. The standard InChI is InChI=1S/C14H23F3N2O3/c1-12(19-10(20)2-3-14(15,16)17)6-9-22-13(11(12)21)4-7-18-8-5-13/h11,18,21H,2-9H2,1H3,(H,19,20)/t11-,12+/m0/s1. The van der Waals surface area contributed by atoms with Gasteiger partial charge in [0.1, 0.15) is 6.10 Å². The molecule has 5 nitrogen and oxygen atoms in total. The van der Waals surface area contributed by atoms with Gasteiger partial charge in [0.05, 0.1) is 17.6 Å². The quantitative estimate of drug-likeness (QED) is 0.727. The zero-order valence-electron chi connectivity index (χ0n) is 12.6. The van der Waals surface area contributed by atoms with Crippen molar-refractivity contribution < 1.29 is 27.8 Å². The first kappa shape index (κ1) is 17.5. The molecule has 0 saturated carbocycles. The molecule has 2 atom stereocenters. The maximum atomic E-state index is 12.2. The Morgan fingerprint density at radius 3 is 2.59 bits per heavy atom. The zero-order chi connectivity index (χ0) is 16.4. The van der Waals surface area contributed by atoms with Crippen molar-refractivity contribution in [2.75, 3.05) is 19.7 Å². The summed E-state index contributed by atoms with van der Waals surface area (Å²) in [7, 11) is 0. The number of nitrogens with one attached hydrogen (secondary N) is 2. The van der Waals surface area contributed by atoms with Gasteiger partial charge in [-0.2, -0.15) is 13.2 Å². The summed E-state index contributed by atoms with van der Waals surface area (Å²) < 4.78 is 42.4. The predicted octanol–water partition coefficient (Wildman–Crippen LogP) is 1.11. The van der Waals surface area contributed by atoms with Crippen LogP contribution in [0.4, 0.5) is 13.2 Å². The molecule has 2 rings (SSSR count). The molecule has 2 aliphatic heterocycles. The summed E-state index contributed by atoms with van der Waals surface area (Å²) in [5, 5.41) is 16.5. The highest BCUT2D eigenvalue weighted by molar-refractivity contribution is 5.77. The van der Waals surface area contributed by atoms with Crippen LogP contribution in [0.5, 0.6) is 0 Å². The normalized spacial score (nSPS) is 32.0. The largest absolute Gasteiger partial charge is 0.389 e. The Bertz CT molecular complexity index is 405. The van der Waals surface area contributed by atoms with Gasteiger partial charge in [-0.3, -0.25) is 4.79 Å². The average molecular weight is 324 g/mol. The van der Waals surface area contributed by atoms with Gasteiger partial charge in [0.25, 0.3) is 0 Å². The molecule has 0 unspecified atom stereocenters. The van der Waals surface area contributed by atoms with Crippen molar-refractivity contribution in [1.82, 2.24) is 10.6 Å². The van der Waals surface area contributed by atoms with Gasteiger partial charge in [0.15, 0.2) is 0 Å². The highest BCUT2D eigenvalue weighted by atomic mass is 19.4. The van der Waals surface area contributed by atoms with Gasteiger partial charge >= 0.3 is 6.18 Å². The zero-order valence-corrected chi connectivity index (χ0v) is 12.6. The molecule has 0 aliphatic carbocycles. The number of aliphatic hydroxyl groups excluding tert-OH is 1. The summed E-state index contributed by atoms with van der Waals surface area (Å²) >= 11 is 0. The Hall–Kier alpha value is -0.860. The van der Waals surface area contributed by atoms with E-state index < -0.39 is 42.2 Å². The Kier molecular flexibility index (Phi) is 5.03. The lowest BCUT2D eigenvalue weighted by atomic mass is 9.73. The molecular formula is C14H23F3N2O3. The number of hydrogen-bond donors (Lipinski definition) is 3. The number of amides is 1. The van der Waals surface area contributed by atoms with E-state index in [2.05, 4.69) is 10.6 Å². The van der Waals surface area contributed by atoms with Gasteiger partial charge in [-0.25, -0.2) is 0 Å². The average Bonchev–Trinajstić information content (AvgIpc) is 2.43. The topological polar surface area (TPSA) is 70.6 Å². The van der Waals surface area contributed by atoms with E-state index >= 15 is 0 Å². The summed E-state index contributed by atoms with van der Waals surface area (Å²) in [6.45, 7) is 3.45. The predicted molar refractivity (Wildman–Crippen MR) is 73.2 cm³/mol. The maximum absolute atomic E-state index is 12.2. The van der Waals surface area contributed by atoms with E-state index in [-0.39, 0.29) is 0 Å². The second-order valence-corrected chi connectivity index (χ2v) is 6.40. The molecular weight excluding hydrogens is 301 g/mol. The van der Waals surface area contributed by atoms with E-state index in [0.29, 0.717) is 39.0 Å². The number of halogens is 3. The first-order valence-corrected chi connectivity index (χ1v) is 7.57. The molecule has 2 fully saturated rings. The minimum Gasteiger partial charge on any atom is -0.388 e. The van der Waals surface area contributed by atoms with Crippen LogP contribution >= 0.6 is 0 Å². The molecule has 0 radical (unpaired) electrons. The third kappa shape index (κ3) is 3.91. The number of alkyl halides is 3. The van der Waals surface area contributed by atoms with Crippen molar-refractivity contribution in [3.05, 3.63) is 0 Å². The molecule has 2 heterocycles. The summed E-state index contributed by atoms with van der Waals surface area (Å²) in [5.74, 6) is -0.690. The Morgan fingerprint density at radius 1 is 1.36 bits per heavy atom. The van der Waals surface area contributed by atoms with E-state index in [1.807, 2.05) is 0 Å². The summed E-state index contributed by atoms with van der Waals surface area (Å²) in [6, 6.07) is 0. The highest BCUT2D eigenvalue weighted by Crippen LogP contribution is 2.38. The van der Waals surface area contributed by atoms with Crippen LogP contribution in [0.1, 0.15) is 39.0 Å². The number of aliphatic hydroxyl groups is 1. The fourth-order valence-corrected chi connectivity index (χ4v) is 3.30. The number of carbonyl (C=O) groups excluding carboxylic acids is 1. The SMILES string of the molecule is C[C@@]1(NC(=O)CCC(F)(F)F)CCOC2(CCNCC2)[C@H]1O. The van der Waals surface area contributed by atoms with Crippen molar-refractivity contribution in [1.29, 1.82) is 0 Å².